The van der Waals surface area contributed by atoms with Crippen LogP contribution in [0.2, 0.25) is 0 Å². The van der Waals surface area contributed by atoms with Crippen LogP contribution in [0, 0.1) is 5.92 Å². The molecule has 0 bridgehead atoms. The third-order valence-corrected chi connectivity index (χ3v) is 1.33. The lowest BCUT2D eigenvalue weighted by atomic mass is 10.0. The Bertz CT molecular complexity index is 209. The number of aliphatic hydroxyl groups is 1. The zero-order valence-electron chi connectivity index (χ0n) is 6.71. The van der Waals surface area contributed by atoms with Gasteiger partial charge in [-0.2, -0.15) is 8.78 Å². The molecular weight excluding hydrogens is 170 g/mol. The van der Waals surface area contributed by atoms with Gasteiger partial charge in [-0.1, -0.05) is 13.8 Å². The predicted octanol–water partition coefficient (Wildman–Crippen LogP) is 1.80. The minimum atomic E-state index is -3.47. The first-order chi connectivity index (χ1) is 5.28. The van der Waals surface area contributed by atoms with Crippen LogP contribution in [0.15, 0.2) is 11.8 Å². The number of aliphatic hydroxyl groups excluding tert-OH is 1. The molecule has 0 aromatic heterocycles. The first kappa shape index (κ1) is 10.9. The van der Waals surface area contributed by atoms with E-state index in [-0.39, 0.29) is 6.08 Å². The van der Waals surface area contributed by atoms with Gasteiger partial charge < -0.3 is 10.2 Å². The molecule has 0 atom stereocenters. The Balaban J connectivity index is 4.67. The van der Waals surface area contributed by atoms with Crippen LogP contribution >= 0.6 is 0 Å². The van der Waals surface area contributed by atoms with Gasteiger partial charge in [0, 0.05) is 5.92 Å². The Morgan fingerprint density at radius 3 is 2.08 bits per heavy atom. The number of carbonyl (C=O) groups is 1. The Labute approximate surface area is 68.3 Å². The molecule has 0 aliphatic carbocycles. The van der Waals surface area contributed by atoms with Crippen molar-refractivity contribution >= 4 is 5.97 Å². The molecule has 0 spiro atoms. The number of alkyl halides is 2. The van der Waals surface area contributed by atoms with E-state index >= 15 is 0 Å². The first-order valence-corrected chi connectivity index (χ1v) is 3.30. The second kappa shape index (κ2) is 3.51. The minimum absolute atomic E-state index is 0.0972. The van der Waals surface area contributed by atoms with Gasteiger partial charge in [-0.05, 0) is 0 Å². The van der Waals surface area contributed by atoms with E-state index in [4.69, 9.17) is 10.2 Å². The summed E-state index contributed by atoms with van der Waals surface area (Å²) < 4.78 is 25.4. The van der Waals surface area contributed by atoms with Gasteiger partial charge in [-0.15, -0.1) is 0 Å². The monoisotopic (exact) mass is 180 g/mol. The number of rotatable bonds is 3. The fraction of sp³-hybridized carbons (Fsp3) is 0.571. The third-order valence-electron chi connectivity index (χ3n) is 1.33. The predicted molar refractivity (Wildman–Crippen MR) is 38.1 cm³/mol. The molecule has 5 heteroatoms. The number of halogens is 2. The third kappa shape index (κ3) is 2.48. The Hall–Kier alpha value is -1.13. The van der Waals surface area contributed by atoms with Crippen molar-refractivity contribution in [1.29, 1.82) is 0 Å². The summed E-state index contributed by atoms with van der Waals surface area (Å²) in [4.78, 5) is 9.91. The van der Waals surface area contributed by atoms with Gasteiger partial charge in [-0.3, -0.25) is 0 Å². The Kier molecular flexibility index (Phi) is 3.18. The van der Waals surface area contributed by atoms with Crippen molar-refractivity contribution in [2.75, 3.05) is 0 Å². The second-order valence-electron chi connectivity index (χ2n) is 2.65. The standard InChI is InChI=1S/C7H10F2O3/c1-4(2)7(8,9)5(10)3-6(11)12/h3-4,10H,1-2H3,(H,11,12). The molecule has 0 fully saturated rings. The molecule has 0 saturated heterocycles. The summed E-state index contributed by atoms with van der Waals surface area (Å²) >= 11 is 0. The van der Waals surface area contributed by atoms with Crippen LogP contribution in [0.5, 0.6) is 0 Å². The minimum Gasteiger partial charge on any atom is -0.506 e. The maximum atomic E-state index is 12.7. The van der Waals surface area contributed by atoms with Crippen molar-refractivity contribution in [3.8, 4) is 0 Å². The normalized spacial score (nSPS) is 13.6. The molecule has 3 nitrogen and oxygen atoms in total. The average Bonchev–Trinajstić information content (AvgIpc) is 1.85. The lowest BCUT2D eigenvalue weighted by Gasteiger charge is -2.18. The van der Waals surface area contributed by atoms with Crippen LogP contribution in [-0.4, -0.2) is 22.1 Å². The van der Waals surface area contributed by atoms with E-state index in [0.29, 0.717) is 0 Å². The molecule has 0 saturated carbocycles. The molecule has 0 aromatic carbocycles. The largest absolute Gasteiger partial charge is 0.506 e. The van der Waals surface area contributed by atoms with Crippen LogP contribution < -0.4 is 0 Å². The highest BCUT2D eigenvalue weighted by Gasteiger charge is 2.38. The first-order valence-electron chi connectivity index (χ1n) is 3.30. The smallest absolute Gasteiger partial charge is 0.331 e. The lowest BCUT2D eigenvalue weighted by Crippen LogP contribution is -2.27. The lowest BCUT2D eigenvalue weighted by molar-refractivity contribution is -0.132. The van der Waals surface area contributed by atoms with Crippen molar-refractivity contribution in [3.63, 3.8) is 0 Å². The molecule has 0 unspecified atom stereocenters. The molecular formula is C7H10F2O3. The highest BCUT2D eigenvalue weighted by Crippen LogP contribution is 2.30. The van der Waals surface area contributed by atoms with Crippen LogP contribution in [0.25, 0.3) is 0 Å². The maximum Gasteiger partial charge on any atom is 0.331 e. The van der Waals surface area contributed by atoms with Gasteiger partial charge in [0.1, 0.15) is 0 Å². The highest BCUT2D eigenvalue weighted by atomic mass is 19.3. The van der Waals surface area contributed by atoms with Gasteiger partial charge >= 0.3 is 11.9 Å². The van der Waals surface area contributed by atoms with E-state index < -0.39 is 23.6 Å². The molecule has 0 amide bonds. The van der Waals surface area contributed by atoms with Gasteiger partial charge in [0.25, 0.3) is 0 Å². The second-order valence-corrected chi connectivity index (χ2v) is 2.65. The summed E-state index contributed by atoms with van der Waals surface area (Å²) in [5.74, 6) is -7.61. The molecule has 70 valence electrons. The van der Waals surface area contributed by atoms with E-state index in [0.717, 1.165) is 0 Å². The Morgan fingerprint density at radius 1 is 1.42 bits per heavy atom. The van der Waals surface area contributed by atoms with Crippen LogP contribution in [-0.2, 0) is 4.79 Å². The topological polar surface area (TPSA) is 57.5 Å². The number of hydrogen-bond donors (Lipinski definition) is 2. The number of carboxylic acid groups (broad SMARTS) is 1. The van der Waals surface area contributed by atoms with Crippen molar-refractivity contribution in [2.45, 2.75) is 19.8 Å². The summed E-state index contributed by atoms with van der Waals surface area (Å²) in [5.41, 5.74) is 0. The van der Waals surface area contributed by atoms with Gasteiger partial charge in [0.2, 0.25) is 0 Å². The highest BCUT2D eigenvalue weighted by molar-refractivity contribution is 5.80. The maximum absolute atomic E-state index is 12.7. The van der Waals surface area contributed by atoms with Crippen molar-refractivity contribution in [3.05, 3.63) is 11.8 Å². The van der Waals surface area contributed by atoms with Gasteiger partial charge in [0.05, 0.1) is 6.08 Å². The molecule has 12 heavy (non-hydrogen) atoms. The molecule has 0 aliphatic rings. The van der Waals surface area contributed by atoms with E-state index in [9.17, 15) is 13.6 Å². The van der Waals surface area contributed by atoms with Crippen molar-refractivity contribution < 1.29 is 23.8 Å². The molecule has 2 N–H and O–H groups in total. The summed E-state index contributed by atoms with van der Waals surface area (Å²) in [5, 5.41) is 16.7. The SMILES string of the molecule is CC(C)C(F)(F)C(O)=CC(=O)O. The quantitative estimate of drug-likeness (QED) is 0.514. The summed E-state index contributed by atoms with van der Waals surface area (Å²) in [6.45, 7) is 2.37. The van der Waals surface area contributed by atoms with Crippen LogP contribution in [0.1, 0.15) is 13.8 Å². The van der Waals surface area contributed by atoms with E-state index in [1.165, 1.54) is 13.8 Å². The molecule has 0 heterocycles. The van der Waals surface area contributed by atoms with Gasteiger partial charge in [0.15, 0.2) is 5.76 Å². The zero-order valence-corrected chi connectivity index (χ0v) is 6.71. The molecule has 0 rings (SSSR count). The Morgan fingerprint density at radius 2 is 1.83 bits per heavy atom. The fourth-order valence-corrected chi connectivity index (χ4v) is 0.509. The van der Waals surface area contributed by atoms with E-state index in [1.807, 2.05) is 0 Å². The zero-order chi connectivity index (χ0) is 9.94. The number of hydrogen-bond acceptors (Lipinski definition) is 2. The number of carboxylic acids is 1. The van der Waals surface area contributed by atoms with Gasteiger partial charge in [-0.25, -0.2) is 4.79 Å². The van der Waals surface area contributed by atoms with E-state index in [1.54, 1.807) is 0 Å². The van der Waals surface area contributed by atoms with Crippen LogP contribution in [0.4, 0.5) is 8.78 Å². The number of aliphatic carboxylic acids is 1. The van der Waals surface area contributed by atoms with Crippen molar-refractivity contribution in [2.24, 2.45) is 5.92 Å². The summed E-state index contributed by atoms with van der Waals surface area (Å²) in [7, 11) is 0. The molecule has 0 aliphatic heterocycles. The molecule has 0 radical (unpaired) electrons. The van der Waals surface area contributed by atoms with Crippen LogP contribution in [0.3, 0.4) is 0 Å². The summed E-state index contributed by atoms with van der Waals surface area (Å²) in [6.07, 6.45) is 0.0972. The molecule has 0 aromatic rings. The fourth-order valence-electron chi connectivity index (χ4n) is 0.509. The summed E-state index contributed by atoms with van der Waals surface area (Å²) in [6, 6.07) is 0. The average molecular weight is 180 g/mol. The number of allylic oxidation sites excluding steroid dienone is 1. The van der Waals surface area contributed by atoms with Crippen molar-refractivity contribution in [1.82, 2.24) is 0 Å². The van der Waals surface area contributed by atoms with E-state index in [2.05, 4.69) is 0 Å².